The standard InChI is InChI=1S/C5H12NO.6ClH.Sb/c1-4-7-5-6(2)3;;;;;;;/h5H,4H2,1-3H3;6*1H;/q+1;;;;;;;+5/p-6. The second kappa shape index (κ2) is 5.58. The Labute approximate surface area is 104 Å². The van der Waals surface area contributed by atoms with Crippen LogP contribution in [-0.2, 0) is 4.74 Å². The molecule has 0 unspecified atom stereocenters. The zero-order valence-corrected chi connectivity index (χ0v) is 14.9. The fraction of sp³-hybridized carbons (Fsp3) is 0.800. The van der Waals surface area contributed by atoms with E-state index in [1.54, 1.807) is 6.40 Å². The van der Waals surface area contributed by atoms with Crippen molar-refractivity contribution in [2.45, 2.75) is 6.92 Å². The van der Waals surface area contributed by atoms with Crippen molar-refractivity contribution < 1.29 is 9.31 Å². The van der Waals surface area contributed by atoms with Crippen molar-refractivity contribution in [1.82, 2.24) is 0 Å². The van der Waals surface area contributed by atoms with Crippen LogP contribution in [0.15, 0.2) is 0 Å². The fourth-order valence-corrected chi connectivity index (χ4v) is 0.224. The van der Waals surface area contributed by atoms with Crippen LogP contribution in [0, 0.1) is 0 Å². The number of ether oxygens (including phenoxy) is 1. The molecule has 0 heterocycles. The third-order valence-electron chi connectivity index (χ3n) is 0.452. The van der Waals surface area contributed by atoms with Crippen molar-refractivity contribution in [2.75, 3.05) is 20.7 Å². The molecule has 0 fully saturated rings. The zero-order valence-electron chi connectivity index (χ0n) is 7.85. The van der Waals surface area contributed by atoms with E-state index in [-0.39, 0.29) is 0 Å². The van der Waals surface area contributed by atoms with Crippen LogP contribution < -0.4 is 0 Å². The Kier molecular flexibility index (Phi) is 7.33. The van der Waals surface area contributed by atoms with Crippen molar-refractivity contribution in [3.8, 4) is 0 Å². The molecule has 0 spiro atoms. The summed E-state index contributed by atoms with van der Waals surface area (Å²) in [4.78, 5) is 0. The van der Waals surface area contributed by atoms with Crippen molar-refractivity contribution in [3.63, 3.8) is 0 Å². The van der Waals surface area contributed by atoms with Gasteiger partial charge in [-0.25, -0.2) is 4.58 Å². The molecule has 0 aliphatic rings. The summed E-state index contributed by atoms with van der Waals surface area (Å²) in [6.07, 6.45) is 1.68. The predicted octanol–water partition coefficient (Wildman–Crippen LogP) is 4.08. The van der Waals surface area contributed by atoms with E-state index in [0.717, 1.165) is 6.61 Å². The van der Waals surface area contributed by atoms with Gasteiger partial charge in [-0.2, -0.15) is 0 Å². The van der Waals surface area contributed by atoms with Gasteiger partial charge in [0.05, 0.1) is 6.61 Å². The van der Waals surface area contributed by atoms with Gasteiger partial charge in [-0.15, -0.1) is 0 Å². The van der Waals surface area contributed by atoms with Crippen molar-refractivity contribution in [1.29, 1.82) is 0 Å². The van der Waals surface area contributed by atoms with E-state index in [9.17, 15) is 0 Å². The molecule has 0 N–H and O–H groups in total. The molecule has 0 bridgehead atoms. The first-order valence-electron chi connectivity index (χ1n) is 3.40. The van der Waals surface area contributed by atoms with E-state index in [2.05, 4.69) is 0 Å². The molecule has 0 atom stereocenters. The third kappa shape index (κ3) is 65.5. The van der Waals surface area contributed by atoms with Crippen LogP contribution in [0.4, 0.5) is 0 Å². The van der Waals surface area contributed by atoms with Gasteiger partial charge in [0.1, 0.15) is 14.1 Å². The summed E-state index contributed by atoms with van der Waals surface area (Å²) in [7, 11) is 28.8. The summed E-state index contributed by atoms with van der Waals surface area (Å²) in [5.41, 5.74) is 0. The van der Waals surface area contributed by atoms with E-state index in [0.29, 0.717) is 0 Å². The number of rotatable bonds is 2. The second-order valence-electron chi connectivity index (χ2n) is 2.48. The SMILES string of the molecule is CCOC=[N+](C)C.[Cl][Sb-]([Cl])([Cl])([Cl])([Cl])[Cl]. The molecule has 0 aliphatic carbocycles. The van der Waals surface area contributed by atoms with E-state index in [4.69, 9.17) is 57.7 Å². The Hall–Kier alpha value is 2.03. The minimum atomic E-state index is -5.42. The molecule has 2 nitrogen and oxygen atoms in total. The Morgan fingerprint density at radius 2 is 1.36 bits per heavy atom. The normalized spacial score (nSPS) is 15.5. The molecule has 0 amide bonds. The van der Waals surface area contributed by atoms with Crippen LogP contribution in [0.5, 0.6) is 0 Å². The van der Waals surface area contributed by atoms with Gasteiger partial charge in [-0.05, 0) is 6.92 Å². The number of halogens is 6. The van der Waals surface area contributed by atoms with Gasteiger partial charge in [0, 0.05) is 0 Å². The first-order chi connectivity index (χ1) is 5.72. The molecule has 0 saturated heterocycles. The molecule has 14 heavy (non-hydrogen) atoms. The summed E-state index contributed by atoms with van der Waals surface area (Å²) in [5.74, 6) is 0. The summed E-state index contributed by atoms with van der Waals surface area (Å²) in [6.45, 7) is 2.71. The van der Waals surface area contributed by atoms with Gasteiger partial charge in [0.25, 0.3) is 0 Å². The Morgan fingerprint density at radius 1 is 1.07 bits per heavy atom. The molecule has 0 saturated carbocycles. The number of hydrogen-bond acceptors (Lipinski definition) is 1. The molecule has 90 valence electrons. The Balaban J connectivity index is 0. The fourth-order valence-electron chi connectivity index (χ4n) is 0.224. The van der Waals surface area contributed by atoms with Gasteiger partial charge in [0.15, 0.2) is 0 Å². The van der Waals surface area contributed by atoms with E-state index in [1.807, 2.05) is 25.6 Å². The minimum absolute atomic E-state index is 0.748. The molecular weight excluding hydrogens is 425 g/mol. The van der Waals surface area contributed by atoms with Crippen molar-refractivity contribution >= 4 is 68.5 Å². The first-order valence-corrected chi connectivity index (χ1v) is 22.8. The van der Waals surface area contributed by atoms with Crippen molar-refractivity contribution in [3.05, 3.63) is 0 Å². The van der Waals surface area contributed by atoms with Gasteiger partial charge in [0.2, 0.25) is 0 Å². The molecule has 0 radical (unpaired) electrons. The topological polar surface area (TPSA) is 12.2 Å². The first kappa shape index (κ1) is 18.4. The summed E-state index contributed by atoms with van der Waals surface area (Å²) in [5, 5.41) is 0. The van der Waals surface area contributed by atoms with E-state index >= 15 is 0 Å². The third-order valence-corrected chi connectivity index (χ3v) is 0.452. The van der Waals surface area contributed by atoms with Crippen LogP contribution in [0.3, 0.4) is 0 Å². The van der Waals surface area contributed by atoms with Crippen LogP contribution in [0.2, 0.25) is 0 Å². The molecule has 0 aromatic heterocycles. The van der Waals surface area contributed by atoms with Gasteiger partial charge < -0.3 is 4.74 Å². The summed E-state index contributed by atoms with van der Waals surface area (Å²) >= 11 is 0. The van der Waals surface area contributed by atoms with Gasteiger partial charge in [-0.3, -0.25) is 0 Å². The monoisotopic (exact) mass is 433 g/mol. The number of hydrogen-bond donors (Lipinski definition) is 0. The van der Waals surface area contributed by atoms with Crippen LogP contribution in [0.25, 0.3) is 0 Å². The quantitative estimate of drug-likeness (QED) is 0.275. The molecule has 0 aromatic rings. The second-order valence-corrected chi connectivity index (χ2v) is 59.4. The molecule has 0 rings (SSSR count). The summed E-state index contributed by atoms with van der Waals surface area (Å²) < 4.78 is 6.76. The molecule has 0 aromatic carbocycles. The molecular formula is C5H12Cl6NOSb. The number of nitrogens with zero attached hydrogens (tertiary/aromatic N) is 1. The average molecular weight is 437 g/mol. The van der Waals surface area contributed by atoms with Crippen molar-refractivity contribution in [2.24, 2.45) is 0 Å². The van der Waals surface area contributed by atoms with E-state index < -0.39 is 9.14 Å². The van der Waals surface area contributed by atoms with Gasteiger partial charge in [-0.1, -0.05) is 0 Å². The van der Waals surface area contributed by atoms with Gasteiger partial charge >= 0.3 is 68.5 Å². The Morgan fingerprint density at radius 3 is 1.43 bits per heavy atom. The summed E-state index contributed by atoms with van der Waals surface area (Å²) in [6, 6.07) is 0. The predicted molar refractivity (Wildman–Crippen MR) is 70.7 cm³/mol. The molecule has 9 heteroatoms. The average Bonchev–Trinajstić information content (AvgIpc) is 1.75. The zero-order chi connectivity index (χ0) is 12.1. The van der Waals surface area contributed by atoms with Crippen LogP contribution in [0.1, 0.15) is 6.92 Å². The van der Waals surface area contributed by atoms with Crippen LogP contribution >= 0.6 is 53.0 Å². The van der Waals surface area contributed by atoms with Crippen LogP contribution in [-0.4, -0.2) is 40.8 Å². The Bertz CT molecular complexity index is 190. The maximum absolute atomic E-state index is 5.42. The maximum atomic E-state index is 5.06. The molecule has 0 aliphatic heterocycles. The van der Waals surface area contributed by atoms with E-state index in [1.165, 1.54) is 0 Å².